The van der Waals surface area contributed by atoms with Gasteiger partial charge < -0.3 is 0 Å². The van der Waals surface area contributed by atoms with Gasteiger partial charge in [-0.05, 0) is 80.9 Å². The molecule has 0 spiro atoms. The lowest BCUT2D eigenvalue weighted by molar-refractivity contribution is -0.130. The molecule has 0 saturated carbocycles. The molecule has 2 rings (SSSR count). The molecule has 4 heteroatoms. The summed E-state index contributed by atoms with van der Waals surface area (Å²) in [7, 11) is 0. The Labute approximate surface area is 239 Å². The molecule has 1 aliphatic carbocycles. The lowest BCUT2D eigenvalue weighted by atomic mass is 9.71. The van der Waals surface area contributed by atoms with Crippen LogP contribution in [0.25, 0.3) is 0 Å². The first-order valence-electron chi connectivity index (χ1n) is 15.8. The van der Waals surface area contributed by atoms with E-state index in [-0.39, 0.29) is 47.4 Å². The highest BCUT2D eigenvalue weighted by Gasteiger charge is 2.33. The zero-order valence-corrected chi connectivity index (χ0v) is 26.3. The van der Waals surface area contributed by atoms with Crippen molar-refractivity contribution in [2.45, 2.75) is 139 Å². The maximum atomic E-state index is 13.4. The summed E-state index contributed by atoms with van der Waals surface area (Å²) in [6.07, 6.45) is 10.3. The van der Waals surface area contributed by atoms with E-state index in [2.05, 4.69) is 39.8 Å². The maximum Gasteiger partial charge on any atom is 0.163 e. The van der Waals surface area contributed by atoms with Crippen LogP contribution in [0.3, 0.4) is 0 Å². The van der Waals surface area contributed by atoms with Gasteiger partial charge in [-0.2, -0.15) is 0 Å². The topological polar surface area (TPSA) is 68.3 Å². The third-order valence-electron chi connectivity index (χ3n) is 8.12. The molecule has 0 saturated heterocycles. The number of Topliss-reactive ketones (excluding diaryl/α,β-unsaturated/α-hetero) is 4. The highest BCUT2D eigenvalue weighted by Crippen LogP contribution is 2.37. The van der Waals surface area contributed by atoms with Crippen LogP contribution in [0.1, 0.15) is 146 Å². The normalized spacial score (nSPS) is 16.9. The van der Waals surface area contributed by atoms with E-state index in [1.54, 1.807) is 0 Å². The van der Waals surface area contributed by atoms with E-state index in [0.717, 1.165) is 80.0 Å². The average Bonchev–Trinajstić information content (AvgIpc) is 2.85. The number of hydrogen-bond donors (Lipinski definition) is 0. The summed E-state index contributed by atoms with van der Waals surface area (Å²) in [6, 6.07) is 4.25. The first-order chi connectivity index (χ1) is 18.6. The lowest BCUT2D eigenvalue weighted by Crippen LogP contribution is -2.30. The van der Waals surface area contributed by atoms with Crippen LogP contribution in [0.4, 0.5) is 0 Å². The largest absolute Gasteiger partial charge is 0.300 e. The minimum absolute atomic E-state index is 0.0207. The Bertz CT molecular complexity index is 944. The van der Waals surface area contributed by atoms with E-state index >= 15 is 0 Å². The van der Waals surface area contributed by atoms with Crippen molar-refractivity contribution < 1.29 is 19.2 Å². The monoisotopic (exact) mass is 540 g/mol. The fourth-order valence-electron chi connectivity index (χ4n) is 6.43. The number of hydrogen-bond acceptors (Lipinski definition) is 4. The molecule has 0 radical (unpaired) electrons. The molecular weight excluding hydrogens is 484 g/mol. The van der Waals surface area contributed by atoms with Crippen LogP contribution in [-0.2, 0) is 27.2 Å². The van der Waals surface area contributed by atoms with Crippen molar-refractivity contribution >= 4 is 23.1 Å². The molecule has 0 bridgehead atoms. The van der Waals surface area contributed by atoms with Crippen molar-refractivity contribution in [1.82, 2.24) is 0 Å². The first kappa shape index (κ1) is 34.9. The number of rotatable bonds is 16. The molecule has 0 aliphatic heterocycles. The van der Waals surface area contributed by atoms with Crippen LogP contribution in [0.5, 0.6) is 0 Å². The van der Waals surface area contributed by atoms with Gasteiger partial charge in [0, 0.05) is 30.2 Å². The molecule has 4 nitrogen and oxygen atoms in total. The van der Waals surface area contributed by atoms with E-state index in [0.29, 0.717) is 18.6 Å². The zero-order valence-electron chi connectivity index (χ0n) is 26.3. The van der Waals surface area contributed by atoms with E-state index < -0.39 is 0 Å². The first-order valence-corrected chi connectivity index (χ1v) is 15.8. The van der Waals surface area contributed by atoms with Gasteiger partial charge >= 0.3 is 0 Å². The average molecular weight is 541 g/mol. The van der Waals surface area contributed by atoms with Gasteiger partial charge in [0.25, 0.3) is 0 Å². The Hall–Kier alpha value is -2.10. The van der Waals surface area contributed by atoms with E-state index in [4.69, 9.17) is 0 Å². The third kappa shape index (κ3) is 10.8. The quantitative estimate of drug-likeness (QED) is 0.196. The molecule has 1 aromatic carbocycles. The SMILES string of the molecule is CCC.CCCC(=O)C(CCC)Cc1ccc2c(c1C)C(=O)CC(CC(CCC)C(CC)C(=O)CC(C)=O)C2. The van der Waals surface area contributed by atoms with E-state index in [9.17, 15) is 19.2 Å². The van der Waals surface area contributed by atoms with Crippen molar-refractivity contribution in [1.29, 1.82) is 0 Å². The fraction of sp³-hybridized carbons (Fsp3) is 0.714. The number of ketones is 4. The molecule has 4 atom stereocenters. The summed E-state index contributed by atoms with van der Waals surface area (Å²) in [5, 5.41) is 0. The molecule has 0 N–H and O–H groups in total. The predicted molar refractivity (Wildman–Crippen MR) is 162 cm³/mol. The number of benzene rings is 1. The molecule has 0 fully saturated rings. The second-order valence-electron chi connectivity index (χ2n) is 11.8. The molecule has 39 heavy (non-hydrogen) atoms. The van der Waals surface area contributed by atoms with Crippen molar-refractivity contribution in [2.24, 2.45) is 23.7 Å². The van der Waals surface area contributed by atoms with Crippen molar-refractivity contribution in [3.8, 4) is 0 Å². The predicted octanol–water partition coefficient (Wildman–Crippen LogP) is 8.87. The molecule has 220 valence electrons. The summed E-state index contributed by atoms with van der Waals surface area (Å²) in [6.45, 7) is 16.1. The Kier molecular flexibility index (Phi) is 16.4. The Morgan fingerprint density at radius 2 is 1.54 bits per heavy atom. The Morgan fingerprint density at radius 1 is 0.897 bits per heavy atom. The van der Waals surface area contributed by atoms with Gasteiger partial charge in [0.1, 0.15) is 17.3 Å². The van der Waals surface area contributed by atoms with Gasteiger partial charge in [-0.3, -0.25) is 19.2 Å². The lowest BCUT2D eigenvalue weighted by Gasteiger charge is -2.32. The highest BCUT2D eigenvalue weighted by molar-refractivity contribution is 6.00. The van der Waals surface area contributed by atoms with Crippen LogP contribution in [0, 0.1) is 30.6 Å². The fourth-order valence-corrected chi connectivity index (χ4v) is 6.43. The van der Waals surface area contributed by atoms with Crippen LogP contribution in [0.15, 0.2) is 12.1 Å². The molecule has 4 unspecified atom stereocenters. The Balaban J connectivity index is 0.00000242. The molecule has 0 heterocycles. The second-order valence-corrected chi connectivity index (χ2v) is 11.8. The van der Waals surface area contributed by atoms with Gasteiger partial charge in [0.2, 0.25) is 0 Å². The van der Waals surface area contributed by atoms with E-state index in [1.807, 2.05) is 20.8 Å². The number of carbonyl (C=O) groups is 4. The molecule has 0 aromatic heterocycles. The van der Waals surface area contributed by atoms with E-state index in [1.165, 1.54) is 13.3 Å². The van der Waals surface area contributed by atoms with Crippen molar-refractivity contribution in [3.05, 3.63) is 34.4 Å². The summed E-state index contributed by atoms with van der Waals surface area (Å²) in [4.78, 5) is 50.4. The smallest absolute Gasteiger partial charge is 0.163 e. The summed E-state index contributed by atoms with van der Waals surface area (Å²) >= 11 is 0. The van der Waals surface area contributed by atoms with Crippen LogP contribution >= 0.6 is 0 Å². The van der Waals surface area contributed by atoms with Crippen LogP contribution in [-0.4, -0.2) is 23.1 Å². The molecular formula is C35H56O4. The van der Waals surface area contributed by atoms with Gasteiger partial charge in [-0.15, -0.1) is 0 Å². The summed E-state index contributed by atoms with van der Waals surface area (Å²) < 4.78 is 0. The van der Waals surface area contributed by atoms with Crippen LogP contribution < -0.4 is 0 Å². The molecule has 1 aliphatic rings. The number of fused-ring (bicyclic) bond motifs is 1. The summed E-state index contributed by atoms with van der Waals surface area (Å²) in [5.74, 6) is 0.901. The minimum atomic E-state index is -0.106. The molecule has 0 amide bonds. The van der Waals surface area contributed by atoms with Crippen molar-refractivity contribution in [2.75, 3.05) is 0 Å². The zero-order chi connectivity index (χ0) is 29.5. The maximum absolute atomic E-state index is 13.4. The third-order valence-corrected chi connectivity index (χ3v) is 8.12. The standard InChI is InChI=1S/C32H48O4.C3H8/c1-7-11-25(28(10-4)30(35)16-21(5)33)17-23-18-27-15-14-24(22(6)32(27)31(36)19-23)20-26(12-8-2)29(34)13-9-3;1-3-2/h14-15,23,25-26,28H,7-13,16-20H2,1-6H3;3H2,1-2H3. The second kappa shape index (κ2) is 18.3. The van der Waals surface area contributed by atoms with Crippen molar-refractivity contribution in [3.63, 3.8) is 0 Å². The minimum Gasteiger partial charge on any atom is -0.300 e. The van der Waals surface area contributed by atoms with Gasteiger partial charge in [-0.25, -0.2) is 0 Å². The van der Waals surface area contributed by atoms with Gasteiger partial charge in [-0.1, -0.05) is 79.4 Å². The van der Waals surface area contributed by atoms with Gasteiger partial charge in [0.05, 0.1) is 6.42 Å². The Morgan fingerprint density at radius 3 is 2.08 bits per heavy atom. The highest BCUT2D eigenvalue weighted by atomic mass is 16.1. The van der Waals surface area contributed by atoms with Gasteiger partial charge in [0.15, 0.2) is 5.78 Å². The molecule has 1 aromatic rings. The number of carbonyl (C=O) groups excluding carboxylic acids is 4. The van der Waals surface area contributed by atoms with Crippen LogP contribution in [0.2, 0.25) is 0 Å². The summed E-state index contributed by atoms with van der Waals surface area (Å²) in [5.41, 5.74) is 4.17.